The van der Waals surface area contributed by atoms with E-state index in [-0.39, 0.29) is 11.9 Å². The van der Waals surface area contributed by atoms with E-state index in [9.17, 15) is 4.79 Å². The van der Waals surface area contributed by atoms with Gasteiger partial charge in [-0.25, -0.2) is 0 Å². The third-order valence-electron chi connectivity index (χ3n) is 6.17. The first-order chi connectivity index (χ1) is 17.1. The minimum Gasteiger partial charge on any atom is -0.457 e. The monoisotopic (exact) mass is 467 g/mol. The number of carbonyl (C=O) groups is 1. The van der Waals surface area contributed by atoms with Crippen molar-refractivity contribution in [2.24, 2.45) is 0 Å². The number of likely N-dealkylation sites (N-methyl/N-ethyl adjacent to an activating group) is 1. The number of hydrogen-bond acceptors (Lipinski definition) is 5. The fourth-order valence-corrected chi connectivity index (χ4v) is 4.39. The maximum atomic E-state index is 12.6. The van der Waals surface area contributed by atoms with Crippen molar-refractivity contribution in [2.45, 2.75) is 12.5 Å². The van der Waals surface area contributed by atoms with Crippen LogP contribution < -0.4 is 4.74 Å². The Balaban J connectivity index is 1.37. The smallest absolute Gasteiger partial charge is 0.246 e. The molecule has 0 unspecified atom stereocenters. The van der Waals surface area contributed by atoms with Crippen LogP contribution >= 0.6 is 0 Å². The van der Waals surface area contributed by atoms with Crippen LogP contribution in [0.25, 0.3) is 22.2 Å². The zero-order valence-electron chi connectivity index (χ0n) is 20.0. The van der Waals surface area contributed by atoms with Gasteiger partial charge in [0.15, 0.2) is 0 Å². The average Bonchev–Trinajstić information content (AvgIpc) is 3.50. The number of hydrogen-bond donors (Lipinski definition) is 0. The number of pyridine rings is 1. The summed E-state index contributed by atoms with van der Waals surface area (Å²) in [7, 11) is 3.97. The Hall–Kier alpha value is -3.97. The number of rotatable bonds is 7. The van der Waals surface area contributed by atoms with Crippen molar-refractivity contribution in [3.8, 4) is 22.8 Å². The fraction of sp³-hybridized carbons (Fsp3) is 0.250. The standard InChI is InChI=1S/C28H29N5O2/c1-31(2)17-6-9-27(34)32-18-15-22(20-32)33-26-14-16-29-19-25(26)28(30-33)21-10-12-24(13-11-21)35-23-7-4-3-5-8-23/h3-14,16,19,22H,15,17-18,20H2,1-2H3/b9-6+/t22-/m1/s1. The molecule has 7 nitrogen and oxygen atoms in total. The lowest BCUT2D eigenvalue weighted by Gasteiger charge is -2.15. The molecule has 0 spiro atoms. The van der Waals surface area contributed by atoms with E-state index >= 15 is 0 Å². The Kier molecular flexibility index (Phi) is 6.59. The third-order valence-corrected chi connectivity index (χ3v) is 6.17. The second-order valence-electron chi connectivity index (χ2n) is 9.02. The predicted octanol–water partition coefficient (Wildman–Crippen LogP) is 4.78. The zero-order chi connectivity index (χ0) is 24.2. The van der Waals surface area contributed by atoms with Gasteiger partial charge in [0, 0.05) is 49.1 Å². The summed E-state index contributed by atoms with van der Waals surface area (Å²) >= 11 is 0. The molecule has 2 aromatic carbocycles. The van der Waals surface area contributed by atoms with Crippen molar-refractivity contribution in [1.82, 2.24) is 24.6 Å². The lowest BCUT2D eigenvalue weighted by Crippen LogP contribution is -2.27. The van der Waals surface area contributed by atoms with Crippen LogP contribution in [0, 0.1) is 0 Å². The molecule has 4 aromatic rings. The average molecular weight is 468 g/mol. The summed E-state index contributed by atoms with van der Waals surface area (Å²) < 4.78 is 8.00. The van der Waals surface area contributed by atoms with Crippen LogP contribution in [0.2, 0.25) is 0 Å². The lowest BCUT2D eigenvalue weighted by molar-refractivity contribution is -0.125. The number of aromatic nitrogens is 3. The topological polar surface area (TPSA) is 63.5 Å². The Morgan fingerprint density at radius 2 is 1.86 bits per heavy atom. The van der Waals surface area contributed by atoms with Crippen molar-refractivity contribution < 1.29 is 9.53 Å². The number of benzene rings is 2. The fourth-order valence-electron chi connectivity index (χ4n) is 4.39. The molecule has 0 aliphatic carbocycles. The Labute approximate surface area is 205 Å². The molecule has 1 atom stereocenters. The molecule has 1 fully saturated rings. The number of ether oxygens (including phenoxy) is 1. The number of likely N-dealkylation sites (tertiary alicyclic amines) is 1. The van der Waals surface area contributed by atoms with Crippen LogP contribution in [0.15, 0.2) is 85.2 Å². The van der Waals surface area contributed by atoms with Crippen LogP contribution in [0.1, 0.15) is 12.5 Å². The van der Waals surface area contributed by atoms with Gasteiger partial charge in [-0.15, -0.1) is 0 Å². The van der Waals surface area contributed by atoms with Gasteiger partial charge < -0.3 is 14.5 Å². The van der Waals surface area contributed by atoms with Crippen molar-refractivity contribution in [1.29, 1.82) is 0 Å². The molecule has 1 aliphatic rings. The largest absolute Gasteiger partial charge is 0.457 e. The zero-order valence-corrected chi connectivity index (χ0v) is 20.0. The molecule has 1 saturated heterocycles. The van der Waals surface area contributed by atoms with Gasteiger partial charge in [-0.3, -0.25) is 14.5 Å². The number of carbonyl (C=O) groups excluding carboxylic acids is 1. The van der Waals surface area contributed by atoms with E-state index in [0.717, 1.165) is 53.2 Å². The van der Waals surface area contributed by atoms with Gasteiger partial charge in [0.25, 0.3) is 0 Å². The van der Waals surface area contributed by atoms with Gasteiger partial charge in [0.2, 0.25) is 5.91 Å². The summed E-state index contributed by atoms with van der Waals surface area (Å²) in [5, 5.41) is 6.01. The van der Waals surface area contributed by atoms with Gasteiger partial charge in [0.1, 0.15) is 17.2 Å². The quantitative estimate of drug-likeness (QED) is 0.366. The molecule has 7 heteroatoms. The summed E-state index contributed by atoms with van der Waals surface area (Å²) in [6.07, 6.45) is 8.12. The molecule has 5 rings (SSSR count). The van der Waals surface area contributed by atoms with Gasteiger partial charge in [-0.2, -0.15) is 5.10 Å². The summed E-state index contributed by atoms with van der Waals surface area (Å²) in [5.41, 5.74) is 2.91. The lowest BCUT2D eigenvalue weighted by atomic mass is 10.1. The van der Waals surface area contributed by atoms with E-state index < -0.39 is 0 Å². The highest BCUT2D eigenvalue weighted by atomic mass is 16.5. The number of para-hydroxylation sites is 1. The van der Waals surface area contributed by atoms with E-state index in [4.69, 9.17) is 9.84 Å². The maximum Gasteiger partial charge on any atom is 0.246 e. The van der Waals surface area contributed by atoms with Crippen molar-refractivity contribution in [3.63, 3.8) is 0 Å². The molecule has 1 amide bonds. The van der Waals surface area contributed by atoms with E-state index in [1.807, 2.05) is 96.8 Å². The molecular formula is C28H29N5O2. The van der Waals surface area contributed by atoms with Crippen LogP contribution in [-0.2, 0) is 4.79 Å². The molecule has 0 radical (unpaired) electrons. The van der Waals surface area contributed by atoms with E-state index in [1.54, 1.807) is 12.3 Å². The van der Waals surface area contributed by atoms with Gasteiger partial charge in [-0.05, 0) is 63.0 Å². The highest BCUT2D eigenvalue weighted by Gasteiger charge is 2.29. The predicted molar refractivity (Wildman–Crippen MR) is 137 cm³/mol. The molecule has 0 saturated carbocycles. The van der Waals surface area contributed by atoms with Crippen LogP contribution in [0.4, 0.5) is 0 Å². The summed E-state index contributed by atoms with van der Waals surface area (Å²) in [5.74, 6) is 1.63. The SMILES string of the molecule is CN(C)C/C=C/C(=O)N1CC[C@@H](n2nc(-c3ccc(Oc4ccccc4)cc3)c3cnccc32)C1. The minimum atomic E-state index is 0.0571. The molecule has 0 bridgehead atoms. The van der Waals surface area contributed by atoms with Crippen molar-refractivity contribution >= 4 is 16.8 Å². The molecule has 1 aliphatic heterocycles. The van der Waals surface area contributed by atoms with Crippen molar-refractivity contribution in [3.05, 3.63) is 85.2 Å². The van der Waals surface area contributed by atoms with Crippen molar-refractivity contribution in [2.75, 3.05) is 33.7 Å². The van der Waals surface area contributed by atoms with Crippen LogP contribution in [-0.4, -0.2) is 64.2 Å². The highest BCUT2D eigenvalue weighted by Crippen LogP contribution is 2.33. The first kappa shape index (κ1) is 22.8. The van der Waals surface area contributed by atoms with Crippen LogP contribution in [0.3, 0.4) is 0 Å². The number of fused-ring (bicyclic) bond motifs is 1. The molecular weight excluding hydrogens is 438 g/mol. The van der Waals surface area contributed by atoms with E-state index in [1.165, 1.54) is 0 Å². The molecule has 178 valence electrons. The maximum absolute atomic E-state index is 12.6. The Bertz CT molecular complexity index is 1330. The number of amides is 1. The summed E-state index contributed by atoms with van der Waals surface area (Å²) in [6, 6.07) is 19.8. The second kappa shape index (κ2) is 10.1. The number of nitrogens with zero attached hydrogens (tertiary/aromatic N) is 5. The van der Waals surface area contributed by atoms with Crippen LogP contribution in [0.5, 0.6) is 11.5 Å². The minimum absolute atomic E-state index is 0.0571. The summed E-state index contributed by atoms with van der Waals surface area (Å²) in [6.45, 7) is 2.12. The normalized spacial score (nSPS) is 16.0. The Morgan fingerprint density at radius 3 is 2.63 bits per heavy atom. The molecule has 3 heterocycles. The third kappa shape index (κ3) is 5.10. The van der Waals surface area contributed by atoms with Gasteiger partial charge in [-0.1, -0.05) is 24.3 Å². The first-order valence-electron chi connectivity index (χ1n) is 11.8. The van der Waals surface area contributed by atoms with E-state index in [2.05, 4.69) is 9.67 Å². The van der Waals surface area contributed by atoms with E-state index in [0.29, 0.717) is 6.54 Å². The molecule has 0 N–H and O–H groups in total. The van der Waals surface area contributed by atoms with Gasteiger partial charge in [0.05, 0.1) is 11.6 Å². The molecule has 35 heavy (non-hydrogen) atoms. The first-order valence-corrected chi connectivity index (χ1v) is 11.8. The van der Waals surface area contributed by atoms with Gasteiger partial charge >= 0.3 is 0 Å². The highest BCUT2D eigenvalue weighted by molar-refractivity contribution is 5.93. The summed E-state index contributed by atoms with van der Waals surface area (Å²) in [4.78, 5) is 20.9. The Morgan fingerprint density at radius 1 is 1.09 bits per heavy atom. The molecule has 2 aromatic heterocycles. The second-order valence-corrected chi connectivity index (χ2v) is 9.02.